The SMILES string of the molecule is CC(NC=O)c1ccc(F)cc1.CC(NC=O)c1ccc(F)cc1.O=CNC(NC=O)c1ccc(F)cc1.O=Cc1ccc(F)cc1.[C-]#[N+]C(C)c1ccc(F)cc1. The van der Waals surface area contributed by atoms with Crippen LogP contribution in [0.4, 0.5) is 22.0 Å². The molecule has 0 saturated carbocycles. The number of carbonyl (C=O) groups excluding carboxylic acids is 5. The normalized spacial score (nSPS) is 11.0. The van der Waals surface area contributed by atoms with Crippen LogP contribution in [0.3, 0.4) is 0 Å². The third kappa shape index (κ3) is 19.9. The summed E-state index contributed by atoms with van der Waals surface area (Å²) in [7, 11) is 0. The Morgan fingerprint density at radius 3 is 0.983 bits per heavy atom. The topological polar surface area (TPSA) is 138 Å². The van der Waals surface area contributed by atoms with Gasteiger partial charge in [-0.1, -0.05) is 36.4 Å². The highest BCUT2D eigenvalue weighted by Crippen LogP contribution is 2.16. The molecule has 10 nitrogen and oxygen atoms in total. The van der Waals surface area contributed by atoms with E-state index in [1.165, 1.54) is 84.9 Å². The molecule has 3 unspecified atom stereocenters. The van der Waals surface area contributed by atoms with Crippen molar-refractivity contribution >= 4 is 31.9 Å². The maximum absolute atomic E-state index is 12.5. The minimum atomic E-state index is -0.620. The molecule has 0 aliphatic rings. The molecule has 0 bridgehead atoms. The molecule has 0 aliphatic carbocycles. The van der Waals surface area contributed by atoms with Crippen molar-refractivity contribution in [3.05, 3.63) is 190 Å². The fourth-order valence-electron chi connectivity index (χ4n) is 4.29. The van der Waals surface area contributed by atoms with Crippen LogP contribution in [-0.4, -0.2) is 31.9 Å². The molecule has 0 saturated heterocycles. The molecule has 0 heterocycles. The van der Waals surface area contributed by atoms with E-state index in [2.05, 4.69) is 26.1 Å². The zero-order valence-electron chi connectivity index (χ0n) is 31.6. The summed E-state index contributed by atoms with van der Waals surface area (Å²) >= 11 is 0. The van der Waals surface area contributed by atoms with E-state index in [-0.39, 0.29) is 47.2 Å². The quantitative estimate of drug-likeness (QED) is 0.0414. The van der Waals surface area contributed by atoms with E-state index in [1.54, 1.807) is 43.3 Å². The maximum Gasteiger partial charge on any atom is 0.245 e. The average molecular weight is 804 g/mol. The number of hydrogen-bond donors (Lipinski definition) is 4. The molecule has 15 heteroatoms. The second kappa shape index (κ2) is 28.2. The van der Waals surface area contributed by atoms with Gasteiger partial charge in [-0.15, -0.1) is 0 Å². The van der Waals surface area contributed by atoms with Gasteiger partial charge in [0.2, 0.25) is 31.7 Å². The zero-order valence-corrected chi connectivity index (χ0v) is 31.6. The first-order valence-corrected chi connectivity index (χ1v) is 17.2. The average Bonchev–Trinajstić information content (AvgIpc) is 3.23. The van der Waals surface area contributed by atoms with E-state index in [9.17, 15) is 45.9 Å². The fourth-order valence-corrected chi connectivity index (χ4v) is 4.29. The summed E-state index contributed by atoms with van der Waals surface area (Å²) in [5.41, 5.74) is 3.75. The number of halogens is 5. The molecule has 0 aromatic heterocycles. The van der Waals surface area contributed by atoms with Crippen molar-refractivity contribution in [1.29, 1.82) is 0 Å². The van der Waals surface area contributed by atoms with Crippen molar-refractivity contribution in [3.8, 4) is 0 Å². The van der Waals surface area contributed by atoms with Gasteiger partial charge in [0, 0.05) is 18.1 Å². The Balaban J connectivity index is 0.000000365. The van der Waals surface area contributed by atoms with Crippen LogP contribution in [0.25, 0.3) is 4.85 Å². The Labute approximate surface area is 333 Å². The van der Waals surface area contributed by atoms with Crippen molar-refractivity contribution in [2.24, 2.45) is 0 Å². The molecule has 304 valence electrons. The highest BCUT2D eigenvalue weighted by molar-refractivity contribution is 5.74. The van der Waals surface area contributed by atoms with Gasteiger partial charge in [0.25, 0.3) is 0 Å². The second-order valence-corrected chi connectivity index (χ2v) is 11.7. The van der Waals surface area contributed by atoms with Gasteiger partial charge in [-0.2, -0.15) is 0 Å². The molecule has 4 amide bonds. The summed E-state index contributed by atoms with van der Waals surface area (Å²) in [5.74, 6) is -1.48. The van der Waals surface area contributed by atoms with Crippen LogP contribution >= 0.6 is 0 Å². The van der Waals surface area contributed by atoms with Crippen LogP contribution in [0.1, 0.15) is 77.7 Å². The van der Waals surface area contributed by atoms with E-state index < -0.39 is 6.17 Å². The highest BCUT2D eigenvalue weighted by atomic mass is 19.1. The number of hydrogen-bond acceptors (Lipinski definition) is 5. The van der Waals surface area contributed by atoms with Gasteiger partial charge in [0.05, 0.1) is 12.1 Å². The second-order valence-electron chi connectivity index (χ2n) is 11.7. The lowest BCUT2D eigenvalue weighted by molar-refractivity contribution is -0.113. The molecule has 0 fully saturated rings. The third-order valence-electron chi connectivity index (χ3n) is 7.60. The summed E-state index contributed by atoms with van der Waals surface area (Å²) in [6.07, 6.45) is 2.25. The first kappa shape index (κ1) is 48.8. The largest absolute Gasteiger partial charge is 0.352 e. The van der Waals surface area contributed by atoms with Gasteiger partial charge >= 0.3 is 0 Å². The van der Waals surface area contributed by atoms with Crippen LogP contribution in [-0.2, 0) is 19.2 Å². The molecular weight excluding hydrogens is 761 g/mol. The lowest BCUT2D eigenvalue weighted by atomic mass is 10.1. The van der Waals surface area contributed by atoms with Crippen molar-refractivity contribution in [3.63, 3.8) is 0 Å². The Hall–Kier alpha value is -7.21. The number of nitrogens with one attached hydrogen (secondary N) is 4. The molecule has 5 rings (SSSR count). The molecule has 5 aromatic carbocycles. The molecule has 5 aromatic rings. The Morgan fingerprint density at radius 2 is 0.707 bits per heavy atom. The monoisotopic (exact) mass is 803 g/mol. The van der Waals surface area contributed by atoms with Gasteiger partial charge in [0.15, 0.2) is 0 Å². The van der Waals surface area contributed by atoms with Gasteiger partial charge in [-0.3, -0.25) is 24.0 Å². The summed E-state index contributed by atoms with van der Waals surface area (Å²) < 4.78 is 61.9. The summed E-state index contributed by atoms with van der Waals surface area (Å²) in [6, 6.07) is 28.6. The van der Waals surface area contributed by atoms with Crippen LogP contribution in [0.15, 0.2) is 121 Å². The lowest BCUT2D eigenvalue weighted by Gasteiger charge is -2.14. The Kier molecular flexibility index (Phi) is 23.8. The smallest absolute Gasteiger partial charge is 0.245 e. The maximum atomic E-state index is 12.5. The fraction of sp³-hybridized carbons (Fsp3) is 0.163. The number of rotatable bonds is 13. The Morgan fingerprint density at radius 1 is 0.431 bits per heavy atom. The van der Waals surface area contributed by atoms with E-state index in [0.29, 0.717) is 43.1 Å². The van der Waals surface area contributed by atoms with Crippen LogP contribution in [0.5, 0.6) is 0 Å². The molecule has 0 spiro atoms. The first-order chi connectivity index (χ1) is 27.8. The minimum Gasteiger partial charge on any atom is -0.352 e. The van der Waals surface area contributed by atoms with E-state index in [1.807, 2.05) is 13.8 Å². The van der Waals surface area contributed by atoms with Gasteiger partial charge in [-0.25, -0.2) is 28.5 Å². The number of aldehydes is 1. The van der Waals surface area contributed by atoms with Crippen LogP contribution < -0.4 is 21.3 Å². The van der Waals surface area contributed by atoms with E-state index in [4.69, 9.17) is 6.57 Å². The van der Waals surface area contributed by atoms with Crippen molar-refractivity contribution in [1.82, 2.24) is 21.3 Å². The van der Waals surface area contributed by atoms with Crippen LogP contribution in [0, 0.1) is 35.7 Å². The predicted octanol–water partition coefficient (Wildman–Crippen LogP) is 8.03. The van der Waals surface area contributed by atoms with Crippen molar-refractivity contribution in [2.75, 3.05) is 0 Å². The summed E-state index contributed by atoms with van der Waals surface area (Å²) in [6.45, 7) is 12.2. The number of carbonyl (C=O) groups is 5. The van der Waals surface area contributed by atoms with Crippen molar-refractivity contribution < 1.29 is 45.9 Å². The van der Waals surface area contributed by atoms with E-state index in [0.717, 1.165) is 16.7 Å². The number of amides is 4. The number of benzene rings is 5. The van der Waals surface area contributed by atoms with Gasteiger partial charge in [-0.05, 0) is 115 Å². The van der Waals surface area contributed by atoms with Gasteiger partial charge < -0.3 is 26.1 Å². The lowest BCUT2D eigenvalue weighted by Crippen LogP contribution is -2.32. The number of nitrogens with zero attached hydrogens (tertiary/aromatic N) is 1. The zero-order chi connectivity index (χ0) is 43.3. The highest BCUT2D eigenvalue weighted by Gasteiger charge is 2.08. The third-order valence-corrected chi connectivity index (χ3v) is 7.60. The molecule has 0 radical (unpaired) electrons. The van der Waals surface area contributed by atoms with Crippen molar-refractivity contribution in [2.45, 2.75) is 45.1 Å². The Bertz CT molecular complexity index is 1910. The summed E-state index contributed by atoms with van der Waals surface area (Å²) in [5, 5.41) is 9.90. The van der Waals surface area contributed by atoms with E-state index >= 15 is 0 Å². The van der Waals surface area contributed by atoms with Gasteiger partial charge in [0.1, 0.15) is 41.5 Å². The molecule has 4 N–H and O–H groups in total. The molecule has 58 heavy (non-hydrogen) atoms. The minimum absolute atomic E-state index is 0.0666. The standard InChI is InChI=1S/C9H9FN2O2.2C9H10FNO.C9H8FN.C7H5FO/c10-8-3-1-7(2-4-8)9(11-5-13)12-6-14;2*1-7(11-6-12)8-2-4-9(10)5-3-8;1-7(11-2)8-3-5-9(10)6-4-8;8-7-3-1-6(5-9)2-4-7/h1-6,9H,(H,11,13)(H,12,14);2*2-7H,1H3,(H,11,12);3-7H,1H3;1-5H. The predicted molar refractivity (Wildman–Crippen MR) is 209 cm³/mol. The molecule has 0 aliphatic heterocycles. The molecule has 3 atom stereocenters. The summed E-state index contributed by atoms with van der Waals surface area (Å²) in [4.78, 5) is 53.8. The first-order valence-electron chi connectivity index (χ1n) is 17.2. The molecular formula is C43H42F5N5O5. The van der Waals surface area contributed by atoms with Crippen LogP contribution in [0.2, 0.25) is 0 Å².